The summed E-state index contributed by atoms with van der Waals surface area (Å²) in [6, 6.07) is -0.986. The number of hydrogen-bond donors (Lipinski definition) is 7. The van der Waals surface area contributed by atoms with Crippen LogP contribution in [0.3, 0.4) is 0 Å². The molecule has 0 bridgehead atoms. The summed E-state index contributed by atoms with van der Waals surface area (Å²) in [5.41, 5.74) is 0. The minimum Gasteiger partial charge on any atom is -0.394 e. The Morgan fingerprint density at radius 2 is 0.812 bits per heavy atom. The number of aliphatic hydroxyl groups is 6. The lowest BCUT2D eigenvalue weighted by Crippen LogP contribution is -2.60. The summed E-state index contributed by atoms with van der Waals surface area (Å²) >= 11 is 0. The summed E-state index contributed by atoms with van der Waals surface area (Å²) in [4.78, 5) is 13.1. The molecule has 1 aliphatic heterocycles. The van der Waals surface area contributed by atoms with Crippen molar-refractivity contribution in [3.63, 3.8) is 0 Å². The zero-order valence-electron chi connectivity index (χ0n) is 41.9. The van der Waals surface area contributed by atoms with Crippen LogP contribution in [0, 0.1) is 0 Å². The first-order valence-corrected chi connectivity index (χ1v) is 27.8. The minimum atomic E-state index is -1.60. The highest BCUT2D eigenvalue weighted by Crippen LogP contribution is 2.23. The molecule has 7 N–H and O–H groups in total. The van der Waals surface area contributed by atoms with Gasteiger partial charge in [0.05, 0.1) is 25.4 Å². The number of unbranched alkanes of at least 4 members (excludes halogenated alkanes) is 37. The van der Waals surface area contributed by atoms with Crippen LogP contribution < -0.4 is 5.32 Å². The van der Waals surface area contributed by atoms with Crippen molar-refractivity contribution in [2.24, 2.45) is 0 Å². The van der Waals surface area contributed by atoms with E-state index in [1.807, 2.05) is 0 Å². The van der Waals surface area contributed by atoms with Crippen LogP contribution in [0.25, 0.3) is 0 Å². The van der Waals surface area contributed by atoms with E-state index in [4.69, 9.17) is 9.47 Å². The maximum atomic E-state index is 13.1. The van der Waals surface area contributed by atoms with Crippen molar-refractivity contribution in [3.8, 4) is 0 Å². The highest BCUT2D eigenvalue weighted by atomic mass is 16.7. The van der Waals surface area contributed by atoms with E-state index in [2.05, 4.69) is 19.2 Å². The van der Waals surface area contributed by atoms with E-state index in [1.165, 1.54) is 212 Å². The van der Waals surface area contributed by atoms with Gasteiger partial charge in [0.1, 0.15) is 30.5 Å². The van der Waals surface area contributed by atoms with Gasteiger partial charge in [0.2, 0.25) is 5.91 Å². The van der Waals surface area contributed by atoms with Gasteiger partial charge in [0, 0.05) is 6.42 Å². The molecule has 1 fully saturated rings. The van der Waals surface area contributed by atoms with Crippen molar-refractivity contribution in [3.05, 3.63) is 0 Å². The van der Waals surface area contributed by atoms with Crippen molar-refractivity contribution < 1.29 is 44.9 Å². The number of hydrogen-bond acceptors (Lipinski definition) is 9. The molecule has 10 nitrogen and oxygen atoms in total. The number of carbonyl (C=O) groups excluding carboxylic acids is 1. The lowest BCUT2D eigenvalue weighted by atomic mass is 9.98. The Morgan fingerprint density at radius 1 is 0.484 bits per heavy atom. The Kier molecular flexibility index (Phi) is 42.7. The van der Waals surface area contributed by atoms with Crippen LogP contribution in [-0.4, -0.2) is 98.7 Å². The second kappa shape index (κ2) is 44.6. The summed E-state index contributed by atoms with van der Waals surface area (Å²) in [6.45, 7) is 3.65. The Labute approximate surface area is 394 Å². The van der Waals surface area contributed by atoms with Crippen LogP contribution >= 0.6 is 0 Å². The maximum Gasteiger partial charge on any atom is 0.220 e. The predicted octanol–water partition coefficient (Wildman–Crippen LogP) is 12.0. The van der Waals surface area contributed by atoms with Crippen LogP contribution in [0.2, 0.25) is 0 Å². The number of amides is 1. The zero-order valence-corrected chi connectivity index (χ0v) is 41.9. The Hall–Kier alpha value is -0.850. The molecule has 8 atom stereocenters. The van der Waals surface area contributed by atoms with Gasteiger partial charge in [-0.2, -0.15) is 0 Å². The highest BCUT2D eigenvalue weighted by molar-refractivity contribution is 5.76. The van der Waals surface area contributed by atoms with E-state index >= 15 is 0 Å². The Balaban J connectivity index is 2.26. The topological polar surface area (TPSA) is 169 Å². The number of rotatable bonds is 48. The summed E-state index contributed by atoms with van der Waals surface area (Å²) in [7, 11) is 0. The van der Waals surface area contributed by atoms with Crippen LogP contribution in [0.15, 0.2) is 0 Å². The van der Waals surface area contributed by atoms with Gasteiger partial charge in [0.25, 0.3) is 0 Å². The fourth-order valence-electron chi connectivity index (χ4n) is 9.32. The van der Waals surface area contributed by atoms with Gasteiger partial charge >= 0.3 is 0 Å². The van der Waals surface area contributed by atoms with Gasteiger partial charge in [0.15, 0.2) is 6.29 Å². The standard InChI is InChI=1S/C54H107NO9/c1-3-5-7-9-11-13-15-17-19-21-22-23-24-25-26-27-29-31-33-35-37-39-41-43-49(58)55-46(45-63-54-53(62)52(61)51(60)48(44-56)64-54)50(59)47(57)42-40-38-36-34-32-30-28-20-18-16-14-12-10-8-6-4-2/h46-48,50-54,56-57,59-62H,3-45H2,1-2H3,(H,55,58)/t46-,47+,48+,50-,51-,52?,53?,54+/m0/s1. The zero-order chi connectivity index (χ0) is 46.7. The van der Waals surface area contributed by atoms with Gasteiger partial charge in [-0.25, -0.2) is 0 Å². The van der Waals surface area contributed by atoms with Crippen molar-refractivity contribution in [2.75, 3.05) is 13.2 Å². The second-order valence-corrected chi connectivity index (χ2v) is 19.9. The van der Waals surface area contributed by atoms with Crippen LogP contribution in [0.1, 0.15) is 277 Å². The fourth-order valence-corrected chi connectivity index (χ4v) is 9.32. The van der Waals surface area contributed by atoms with Crippen molar-refractivity contribution >= 4 is 5.91 Å². The number of carbonyl (C=O) groups is 1. The Bertz CT molecular complexity index is 988. The molecule has 1 aliphatic rings. The lowest BCUT2D eigenvalue weighted by Gasteiger charge is -2.40. The van der Waals surface area contributed by atoms with Crippen LogP contribution in [0.4, 0.5) is 0 Å². The number of ether oxygens (including phenoxy) is 2. The maximum absolute atomic E-state index is 13.1. The highest BCUT2D eigenvalue weighted by Gasteiger charge is 2.44. The molecule has 0 radical (unpaired) electrons. The number of aliphatic hydroxyl groups excluding tert-OH is 6. The van der Waals surface area contributed by atoms with E-state index < -0.39 is 55.6 Å². The van der Waals surface area contributed by atoms with Crippen molar-refractivity contribution in [1.82, 2.24) is 5.32 Å². The molecular weight excluding hydrogens is 807 g/mol. The molecule has 10 heteroatoms. The molecule has 0 aromatic heterocycles. The molecule has 1 saturated heterocycles. The molecular formula is C54H107NO9. The van der Waals surface area contributed by atoms with Gasteiger partial charge in [-0.1, -0.05) is 258 Å². The Morgan fingerprint density at radius 3 is 1.16 bits per heavy atom. The lowest BCUT2D eigenvalue weighted by molar-refractivity contribution is -0.303. The summed E-state index contributed by atoms with van der Waals surface area (Å²) in [5.74, 6) is -0.250. The third-order valence-electron chi connectivity index (χ3n) is 13.8. The first-order chi connectivity index (χ1) is 31.3. The molecule has 1 heterocycles. The van der Waals surface area contributed by atoms with Gasteiger partial charge in [-0.3, -0.25) is 4.79 Å². The van der Waals surface area contributed by atoms with Gasteiger partial charge < -0.3 is 45.4 Å². The molecule has 0 spiro atoms. The first kappa shape index (κ1) is 61.2. The third kappa shape index (κ3) is 33.6. The van der Waals surface area contributed by atoms with Crippen LogP contribution in [0.5, 0.6) is 0 Å². The summed E-state index contributed by atoms with van der Waals surface area (Å²) in [6.07, 6.45) is 41.1. The number of nitrogens with one attached hydrogen (secondary N) is 1. The molecule has 2 unspecified atom stereocenters. The molecule has 0 aromatic carbocycles. The third-order valence-corrected chi connectivity index (χ3v) is 13.8. The quantitative estimate of drug-likeness (QED) is 0.0294. The molecule has 382 valence electrons. The summed E-state index contributed by atoms with van der Waals surface area (Å²) in [5, 5.41) is 65.5. The van der Waals surface area contributed by atoms with E-state index in [0.717, 1.165) is 38.5 Å². The van der Waals surface area contributed by atoms with E-state index in [-0.39, 0.29) is 18.9 Å². The van der Waals surface area contributed by atoms with Crippen LogP contribution in [-0.2, 0) is 14.3 Å². The second-order valence-electron chi connectivity index (χ2n) is 19.9. The molecule has 0 aliphatic carbocycles. The van der Waals surface area contributed by atoms with Gasteiger partial charge in [-0.15, -0.1) is 0 Å². The van der Waals surface area contributed by atoms with E-state index in [1.54, 1.807) is 0 Å². The van der Waals surface area contributed by atoms with Gasteiger partial charge in [-0.05, 0) is 12.8 Å². The SMILES string of the molecule is CCCCCCCCCCCCCCCCCCCCCCCCCC(=O)N[C@@H](CO[C@@H]1O[C@H](CO)[C@H](O)C(O)C1O)[C@H](O)[C@H](O)CCCCCCCCCCCCCCCCCC. The van der Waals surface area contributed by atoms with E-state index in [0.29, 0.717) is 6.42 Å². The van der Waals surface area contributed by atoms with E-state index in [9.17, 15) is 35.4 Å². The predicted molar refractivity (Wildman–Crippen MR) is 264 cm³/mol. The molecule has 1 amide bonds. The van der Waals surface area contributed by atoms with Crippen molar-refractivity contribution in [1.29, 1.82) is 0 Å². The molecule has 0 saturated carbocycles. The average Bonchev–Trinajstić information content (AvgIpc) is 3.29. The first-order valence-electron chi connectivity index (χ1n) is 27.8. The molecule has 64 heavy (non-hydrogen) atoms. The fraction of sp³-hybridized carbons (Fsp3) is 0.981. The monoisotopic (exact) mass is 914 g/mol. The van der Waals surface area contributed by atoms with Crippen molar-refractivity contribution in [2.45, 2.75) is 326 Å². The molecule has 1 rings (SSSR count). The normalized spacial score (nSPS) is 20.4. The summed E-state index contributed by atoms with van der Waals surface area (Å²) < 4.78 is 11.2. The molecule has 0 aromatic rings. The smallest absolute Gasteiger partial charge is 0.220 e. The largest absolute Gasteiger partial charge is 0.394 e. The minimum absolute atomic E-state index is 0.250. The average molecular weight is 914 g/mol.